The lowest BCUT2D eigenvalue weighted by Gasteiger charge is -2.26. The van der Waals surface area contributed by atoms with Crippen LogP contribution in [0.5, 0.6) is 0 Å². The number of aryl methyl sites for hydroxylation is 2. The summed E-state index contributed by atoms with van der Waals surface area (Å²) in [5.41, 5.74) is 4.30. The lowest BCUT2D eigenvalue weighted by molar-refractivity contribution is -0.122. The normalized spacial score (nSPS) is 15.6. The predicted molar refractivity (Wildman–Crippen MR) is 124 cm³/mol. The van der Waals surface area contributed by atoms with Gasteiger partial charge in [-0.05, 0) is 48.4 Å². The second kappa shape index (κ2) is 8.12. The summed E-state index contributed by atoms with van der Waals surface area (Å²) in [5, 5.41) is 3.72. The van der Waals surface area contributed by atoms with E-state index in [1.807, 2.05) is 49.4 Å². The summed E-state index contributed by atoms with van der Waals surface area (Å²) in [6.07, 6.45) is 4.50. The quantitative estimate of drug-likeness (QED) is 0.515. The van der Waals surface area contributed by atoms with E-state index in [1.54, 1.807) is 0 Å². The van der Waals surface area contributed by atoms with Crippen LogP contribution in [0.2, 0.25) is 0 Å². The molecule has 0 aliphatic heterocycles. The fourth-order valence-corrected chi connectivity index (χ4v) is 5.58. The summed E-state index contributed by atoms with van der Waals surface area (Å²) in [5.74, 6) is -0.166. The van der Waals surface area contributed by atoms with E-state index >= 15 is 0 Å². The Kier molecular flexibility index (Phi) is 5.16. The first kappa shape index (κ1) is 19.7. The molecule has 0 unspecified atom stereocenters. The highest BCUT2D eigenvalue weighted by Crippen LogP contribution is 2.35. The van der Waals surface area contributed by atoms with Crippen LogP contribution < -0.4 is 10.9 Å². The molecule has 6 heteroatoms. The fourth-order valence-electron chi connectivity index (χ4n) is 4.44. The van der Waals surface area contributed by atoms with Gasteiger partial charge in [0.15, 0.2) is 0 Å². The Bertz CT molecular complexity index is 1320. The van der Waals surface area contributed by atoms with Crippen molar-refractivity contribution in [1.82, 2.24) is 14.9 Å². The number of hydrogen-bond donors (Lipinski definition) is 1. The highest BCUT2D eigenvalue weighted by molar-refractivity contribution is 7.22. The molecule has 0 saturated carbocycles. The number of benzene rings is 2. The third-order valence-corrected chi connectivity index (χ3v) is 7.22. The molecule has 1 aliphatic rings. The minimum absolute atomic E-state index is 0.00240. The molecule has 0 bridgehead atoms. The Balaban J connectivity index is 1.41. The van der Waals surface area contributed by atoms with E-state index in [4.69, 9.17) is 0 Å². The predicted octanol–water partition coefficient (Wildman–Crippen LogP) is 4.63. The average Bonchev–Trinajstić information content (AvgIpc) is 3.13. The molecule has 31 heavy (non-hydrogen) atoms. The molecular weight excluding hydrogens is 406 g/mol. The van der Waals surface area contributed by atoms with Gasteiger partial charge in [-0.2, -0.15) is 0 Å². The SMILES string of the molecule is Cc1c(-c2ccccc2)sc2ncn(CC(=O)N[C@H]3CCCc4ccccc43)c(=O)c12. The summed E-state index contributed by atoms with van der Waals surface area (Å²) in [4.78, 5) is 32.2. The molecule has 0 spiro atoms. The lowest BCUT2D eigenvalue weighted by Crippen LogP contribution is -2.36. The largest absolute Gasteiger partial charge is 0.348 e. The number of hydrogen-bond acceptors (Lipinski definition) is 4. The van der Waals surface area contributed by atoms with Crippen molar-refractivity contribution in [3.8, 4) is 10.4 Å². The van der Waals surface area contributed by atoms with Crippen LogP contribution in [0.15, 0.2) is 65.7 Å². The van der Waals surface area contributed by atoms with Gasteiger partial charge >= 0.3 is 0 Å². The minimum Gasteiger partial charge on any atom is -0.348 e. The maximum Gasteiger partial charge on any atom is 0.262 e. The Hall–Kier alpha value is -3.25. The Morgan fingerprint density at radius 2 is 1.94 bits per heavy atom. The van der Waals surface area contributed by atoms with Crippen LogP contribution in [0.1, 0.15) is 35.6 Å². The zero-order chi connectivity index (χ0) is 21.4. The molecule has 5 rings (SSSR count). The molecule has 156 valence electrons. The number of carbonyl (C=O) groups excluding carboxylic acids is 1. The van der Waals surface area contributed by atoms with Crippen LogP contribution in [0.4, 0.5) is 0 Å². The summed E-state index contributed by atoms with van der Waals surface area (Å²) in [6.45, 7) is 1.92. The molecule has 0 saturated heterocycles. The summed E-state index contributed by atoms with van der Waals surface area (Å²) >= 11 is 1.51. The van der Waals surface area contributed by atoms with Gasteiger partial charge in [0.25, 0.3) is 5.56 Å². The molecule has 2 aromatic heterocycles. The Morgan fingerprint density at radius 3 is 2.77 bits per heavy atom. The smallest absolute Gasteiger partial charge is 0.262 e. The maximum atomic E-state index is 13.2. The first-order chi connectivity index (χ1) is 15.1. The molecule has 5 nitrogen and oxygen atoms in total. The van der Waals surface area contributed by atoms with Crippen LogP contribution in [-0.2, 0) is 17.8 Å². The standard InChI is InChI=1S/C25H23N3O2S/c1-16-22-24(31-23(16)18-9-3-2-4-10-18)26-15-28(25(22)30)14-21(29)27-20-13-7-11-17-8-5-6-12-19(17)20/h2-6,8-10,12,15,20H,7,11,13-14H2,1H3,(H,27,29)/t20-/m0/s1. The third-order valence-electron chi connectivity index (χ3n) is 5.97. The van der Waals surface area contributed by atoms with Crippen molar-refractivity contribution >= 4 is 27.5 Å². The average molecular weight is 430 g/mol. The number of carbonyl (C=O) groups is 1. The molecule has 2 aromatic carbocycles. The van der Waals surface area contributed by atoms with Crippen LogP contribution in [0.3, 0.4) is 0 Å². The van der Waals surface area contributed by atoms with Gasteiger partial charge in [-0.25, -0.2) is 4.98 Å². The van der Waals surface area contributed by atoms with Crippen molar-refractivity contribution in [2.75, 3.05) is 0 Å². The number of amides is 1. The van der Waals surface area contributed by atoms with E-state index in [9.17, 15) is 9.59 Å². The topological polar surface area (TPSA) is 64.0 Å². The monoisotopic (exact) mass is 429 g/mol. The van der Waals surface area contributed by atoms with Crippen LogP contribution in [0, 0.1) is 6.92 Å². The summed E-state index contributed by atoms with van der Waals surface area (Å²) in [6, 6.07) is 18.3. The van der Waals surface area contributed by atoms with Gasteiger partial charge in [-0.1, -0.05) is 54.6 Å². The van der Waals surface area contributed by atoms with E-state index in [0.29, 0.717) is 10.2 Å². The van der Waals surface area contributed by atoms with Crippen molar-refractivity contribution in [3.63, 3.8) is 0 Å². The number of rotatable bonds is 4. The molecule has 1 aliphatic carbocycles. The maximum absolute atomic E-state index is 13.2. The lowest BCUT2D eigenvalue weighted by atomic mass is 9.88. The van der Waals surface area contributed by atoms with Gasteiger partial charge < -0.3 is 5.32 Å². The van der Waals surface area contributed by atoms with E-state index in [2.05, 4.69) is 22.4 Å². The molecule has 1 atom stereocenters. The molecule has 4 aromatic rings. The number of thiophene rings is 1. The van der Waals surface area contributed by atoms with Gasteiger partial charge in [0.1, 0.15) is 11.4 Å². The van der Waals surface area contributed by atoms with Gasteiger partial charge in [-0.15, -0.1) is 11.3 Å². The Morgan fingerprint density at radius 1 is 1.16 bits per heavy atom. The van der Waals surface area contributed by atoms with E-state index in [-0.39, 0.29) is 24.1 Å². The third kappa shape index (κ3) is 3.68. The number of aromatic nitrogens is 2. The van der Waals surface area contributed by atoms with E-state index < -0.39 is 0 Å². The first-order valence-electron chi connectivity index (χ1n) is 10.5. The second-order valence-corrected chi connectivity index (χ2v) is 8.99. The van der Waals surface area contributed by atoms with Gasteiger partial charge in [-0.3, -0.25) is 14.2 Å². The highest BCUT2D eigenvalue weighted by atomic mass is 32.1. The zero-order valence-electron chi connectivity index (χ0n) is 17.3. The van der Waals surface area contributed by atoms with Gasteiger partial charge in [0.2, 0.25) is 5.91 Å². The summed E-state index contributed by atoms with van der Waals surface area (Å²) < 4.78 is 1.42. The van der Waals surface area contributed by atoms with Crippen molar-refractivity contribution < 1.29 is 4.79 Å². The second-order valence-electron chi connectivity index (χ2n) is 7.99. The molecule has 2 heterocycles. The van der Waals surface area contributed by atoms with Crippen molar-refractivity contribution in [2.45, 2.75) is 38.8 Å². The summed E-state index contributed by atoms with van der Waals surface area (Å²) in [7, 11) is 0. The Labute approximate surface area is 184 Å². The number of fused-ring (bicyclic) bond motifs is 2. The molecule has 0 fully saturated rings. The minimum atomic E-state index is -0.167. The van der Waals surface area contributed by atoms with Gasteiger partial charge in [0.05, 0.1) is 17.8 Å². The molecule has 1 amide bonds. The van der Waals surface area contributed by atoms with Crippen molar-refractivity contribution in [3.05, 3.63) is 88.0 Å². The highest BCUT2D eigenvalue weighted by Gasteiger charge is 2.22. The first-order valence-corrected chi connectivity index (χ1v) is 11.3. The zero-order valence-corrected chi connectivity index (χ0v) is 18.1. The van der Waals surface area contributed by atoms with E-state index in [0.717, 1.165) is 35.3 Å². The number of nitrogens with one attached hydrogen (secondary N) is 1. The van der Waals surface area contributed by atoms with E-state index in [1.165, 1.54) is 33.4 Å². The van der Waals surface area contributed by atoms with Crippen LogP contribution >= 0.6 is 11.3 Å². The molecule has 1 N–H and O–H groups in total. The van der Waals surface area contributed by atoms with Crippen LogP contribution in [-0.4, -0.2) is 15.5 Å². The fraction of sp³-hybridized carbons (Fsp3) is 0.240. The van der Waals surface area contributed by atoms with Gasteiger partial charge in [0, 0.05) is 4.88 Å². The van der Waals surface area contributed by atoms with Crippen molar-refractivity contribution in [1.29, 1.82) is 0 Å². The number of nitrogens with zero attached hydrogens (tertiary/aromatic N) is 2. The molecule has 0 radical (unpaired) electrons. The molecular formula is C25H23N3O2S. The van der Waals surface area contributed by atoms with Crippen molar-refractivity contribution in [2.24, 2.45) is 0 Å². The van der Waals surface area contributed by atoms with Crippen LogP contribution in [0.25, 0.3) is 20.7 Å².